The van der Waals surface area contributed by atoms with Gasteiger partial charge in [-0.25, -0.2) is 0 Å². The first-order valence-corrected chi connectivity index (χ1v) is 5.81. The van der Waals surface area contributed by atoms with Crippen molar-refractivity contribution in [3.8, 4) is 0 Å². The number of carbonyl (C=O) groups excluding carboxylic acids is 1. The van der Waals surface area contributed by atoms with Crippen LogP contribution >= 0.6 is 0 Å². The van der Waals surface area contributed by atoms with Gasteiger partial charge in [0.05, 0.1) is 0 Å². The molecule has 0 fully saturated rings. The van der Waals surface area contributed by atoms with Crippen LogP contribution in [0.2, 0.25) is 0 Å². The average molecular weight is 236 g/mol. The van der Waals surface area contributed by atoms with Gasteiger partial charge in [-0.05, 0) is 31.2 Å². The van der Waals surface area contributed by atoms with Gasteiger partial charge in [0, 0.05) is 19.2 Å². The minimum atomic E-state index is -0.774. The number of hydrogen-bond donors (Lipinski definition) is 2. The van der Waals surface area contributed by atoms with Crippen LogP contribution in [0.25, 0.3) is 0 Å². The molecule has 94 valence electrons. The molecule has 0 heterocycles. The molecular formula is C13H20N2O2. The van der Waals surface area contributed by atoms with Gasteiger partial charge in [0.2, 0.25) is 0 Å². The van der Waals surface area contributed by atoms with Crippen LogP contribution in [-0.2, 0) is 6.54 Å². The van der Waals surface area contributed by atoms with E-state index in [9.17, 15) is 9.90 Å². The van der Waals surface area contributed by atoms with E-state index in [1.54, 1.807) is 26.1 Å². The van der Waals surface area contributed by atoms with Crippen molar-refractivity contribution < 1.29 is 9.90 Å². The average Bonchev–Trinajstić information content (AvgIpc) is 2.35. The third kappa shape index (κ3) is 3.84. The van der Waals surface area contributed by atoms with Crippen molar-refractivity contribution >= 4 is 5.91 Å². The summed E-state index contributed by atoms with van der Waals surface area (Å²) in [5.41, 5.74) is 1.73. The summed E-state index contributed by atoms with van der Waals surface area (Å²) in [6.07, 6.45) is -0.774. The number of benzene rings is 1. The fraction of sp³-hybridized carbons (Fsp3) is 0.462. The minimum Gasteiger partial charge on any atom is -0.374 e. The Hall–Kier alpha value is -1.39. The lowest BCUT2D eigenvalue weighted by atomic mass is 10.1. The SMILES string of the molecule is CCNCc1ccc(C(=O)N(C)C(C)O)cc1. The molecule has 1 amide bonds. The second kappa shape index (κ2) is 6.37. The number of carbonyl (C=O) groups is 1. The van der Waals surface area contributed by atoms with Crippen LogP contribution in [0.3, 0.4) is 0 Å². The second-order valence-corrected chi connectivity index (χ2v) is 4.03. The highest BCUT2D eigenvalue weighted by molar-refractivity contribution is 5.94. The monoisotopic (exact) mass is 236 g/mol. The van der Waals surface area contributed by atoms with E-state index in [4.69, 9.17) is 0 Å². The zero-order valence-electron chi connectivity index (χ0n) is 10.6. The van der Waals surface area contributed by atoms with Crippen molar-refractivity contribution in [2.24, 2.45) is 0 Å². The van der Waals surface area contributed by atoms with Gasteiger partial charge in [-0.2, -0.15) is 0 Å². The van der Waals surface area contributed by atoms with Gasteiger partial charge in [0.1, 0.15) is 6.23 Å². The largest absolute Gasteiger partial charge is 0.374 e. The van der Waals surface area contributed by atoms with Gasteiger partial charge in [-0.15, -0.1) is 0 Å². The Kier molecular flexibility index (Phi) is 5.12. The predicted octanol–water partition coefficient (Wildman–Crippen LogP) is 1.21. The first-order chi connectivity index (χ1) is 8.06. The molecule has 0 aromatic heterocycles. The van der Waals surface area contributed by atoms with E-state index >= 15 is 0 Å². The van der Waals surface area contributed by atoms with E-state index < -0.39 is 6.23 Å². The Morgan fingerprint density at radius 2 is 2.00 bits per heavy atom. The Balaban J connectivity index is 2.70. The fourth-order valence-corrected chi connectivity index (χ4v) is 1.41. The lowest BCUT2D eigenvalue weighted by Gasteiger charge is -2.20. The van der Waals surface area contributed by atoms with Gasteiger partial charge in [-0.1, -0.05) is 19.1 Å². The van der Waals surface area contributed by atoms with E-state index in [1.807, 2.05) is 12.1 Å². The lowest BCUT2D eigenvalue weighted by molar-refractivity contribution is 0.0293. The van der Waals surface area contributed by atoms with Gasteiger partial charge in [-0.3, -0.25) is 4.79 Å². The summed E-state index contributed by atoms with van der Waals surface area (Å²) >= 11 is 0. The summed E-state index contributed by atoms with van der Waals surface area (Å²) in [6, 6.07) is 7.42. The Morgan fingerprint density at radius 3 is 2.47 bits per heavy atom. The normalized spacial score (nSPS) is 12.2. The van der Waals surface area contributed by atoms with Crippen molar-refractivity contribution in [2.45, 2.75) is 26.6 Å². The summed E-state index contributed by atoms with van der Waals surface area (Å²) in [5.74, 6) is -0.171. The fourth-order valence-electron chi connectivity index (χ4n) is 1.41. The number of aliphatic hydroxyl groups excluding tert-OH is 1. The molecule has 0 aliphatic carbocycles. The van der Waals surface area contributed by atoms with Crippen LogP contribution in [0, 0.1) is 0 Å². The number of nitrogens with one attached hydrogen (secondary N) is 1. The molecule has 1 atom stereocenters. The standard InChI is InChI=1S/C13H20N2O2/c1-4-14-9-11-5-7-12(8-6-11)13(17)15(3)10(2)16/h5-8,10,14,16H,4,9H2,1-3H3. The zero-order valence-corrected chi connectivity index (χ0v) is 10.6. The minimum absolute atomic E-state index is 0.171. The molecule has 0 saturated heterocycles. The molecule has 0 saturated carbocycles. The van der Waals surface area contributed by atoms with Gasteiger partial charge in [0.25, 0.3) is 5.91 Å². The van der Waals surface area contributed by atoms with E-state index in [-0.39, 0.29) is 5.91 Å². The van der Waals surface area contributed by atoms with E-state index in [0.717, 1.165) is 18.7 Å². The highest BCUT2D eigenvalue weighted by atomic mass is 16.3. The number of aliphatic hydroxyl groups is 1. The zero-order chi connectivity index (χ0) is 12.8. The van der Waals surface area contributed by atoms with Crippen LogP contribution in [0.4, 0.5) is 0 Å². The molecule has 17 heavy (non-hydrogen) atoms. The summed E-state index contributed by atoms with van der Waals surface area (Å²) in [4.78, 5) is 13.2. The molecule has 0 aliphatic rings. The number of hydrogen-bond acceptors (Lipinski definition) is 3. The molecule has 1 rings (SSSR count). The van der Waals surface area contributed by atoms with E-state index in [1.165, 1.54) is 4.90 Å². The number of rotatable bonds is 5. The van der Waals surface area contributed by atoms with Crippen molar-refractivity contribution in [3.63, 3.8) is 0 Å². The molecule has 4 nitrogen and oxygen atoms in total. The number of nitrogens with zero attached hydrogens (tertiary/aromatic N) is 1. The van der Waals surface area contributed by atoms with Crippen molar-refractivity contribution in [3.05, 3.63) is 35.4 Å². The van der Waals surface area contributed by atoms with Crippen molar-refractivity contribution in [1.82, 2.24) is 10.2 Å². The van der Waals surface area contributed by atoms with Crippen LogP contribution < -0.4 is 5.32 Å². The Bertz CT molecular complexity index is 360. The maximum Gasteiger partial charge on any atom is 0.255 e. The molecule has 2 N–H and O–H groups in total. The summed E-state index contributed by atoms with van der Waals surface area (Å²) in [5, 5.41) is 12.5. The highest BCUT2D eigenvalue weighted by Crippen LogP contribution is 2.08. The summed E-state index contributed by atoms with van der Waals surface area (Å²) in [6.45, 7) is 5.34. The third-order valence-corrected chi connectivity index (χ3v) is 2.66. The first-order valence-electron chi connectivity index (χ1n) is 5.81. The predicted molar refractivity (Wildman–Crippen MR) is 67.6 cm³/mol. The van der Waals surface area contributed by atoms with Gasteiger partial charge < -0.3 is 15.3 Å². The molecule has 0 bridgehead atoms. The Labute approximate surface area is 102 Å². The summed E-state index contributed by atoms with van der Waals surface area (Å²) in [7, 11) is 1.58. The molecule has 0 radical (unpaired) electrons. The maximum atomic E-state index is 11.9. The van der Waals surface area contributed by atoms with Crippen molar-refractivity contribution in [2.75, 3.05) is 13.6 Å². The second-order valence-electron chi connectivity index (χ2n) is 4.03. The molecular weight excluding hydrogens is 216 g/mol. The van der Waals surface area contributed by atoms with E-state index in [0.29, 0.717) is 5.56 Å². The van der Waals surface area contributed by atoms with Crippen LogP contribution in [0.15, 0.2) is 24.3 Å². The first kappa shape index (κ1) is 13.7. The topological polar surface area (TPSA) is 52.6 Å². The highest BCUT2D eigenvalue weighted by Gasteiger charge is 2.14. The molecule has 1 unspecified atom stereocenters. The maximum absolute atomic E-state index is 11.9. The molecule has 4 heteroatoms. The molecule has 1 aromatic carbocycles. The van der Waals surface area contributed by atoms with E-state index in [2.05, 4.69) is 12.2 Å². The number of amides is 1. The van der Waals surface area contributed by atoms with Gasteiger partial charge >= 0.3 is 0 Å². The summed E-state index contributed by atoms with van der Waals surface area (Å²) < 4.78 is 0. The molecule has 1 aromatic rings. The van der Waals surface area contributed by atoms with Crippen LogP contribution in [0.5, 0.6) is 0 Å². The lowest BCUT2D eigenvalue weighted by Crippen LogP contribution is -2.34. The third-order valence-electron chi connectivity index (χ3n) is 2.66. The quantitative estimate of drug-likeness (QED) is 0.755. The smallest absolute Gasteiger partial charge is 0.255 e. The van der Waals surface area contributed by atoms with Crippen molar-refractivity contribution in [1.29, 1.82) is 0 Å². The Morgan fingerprint density at radius 1 is 1.41 bits per heavy atom. The van der Waals surface area contributed by atoms with Gasteiger partial charge in [0.15, 0.2) is 0 Å². The van der Waals surface area contributed by atoms with Crippen LogP contribution in [0.1, 0.15) is 29.8 Å². The van der Waals surface area contributed by atoms with Crippen LogP contribution in [-0.4, -0.2) is 35.7 Å². The molecule has 0 spiro atoms. The molecule has 0 aliphatic heterocycles.